The van der Waals surface area contributed by atoms with Gasteiger partial charge in [0.05, 0.1) is 12.4 Å². The zero-order valence-electron chi connectivity index (χ0n) is 9.89. The van der Waals surface area contributed by atoms with Gasteiger partial charge in [-0.1, -0.05) is 32.1 Å². The van der Waals surface area contributed by atoms with Crippen LogP contribution in [-0.2, 0) is 6.54 Å². The smallest absolute Gasteiger partial charge is 0.0945 e. The molecule has 0 aromatic carbocycles. The van der Waals surface area contributed by atoms with E-state index in [1.165, 1.54) is 32.1 Å². The minimum atomic E-state index is -0.134. The molecule has 0 bridgehead atoms. The van der Waals surface area contributed by atoms with Gasteiger partial charge in [0.1, 0.15) is 0 Å². The Morgan fingerprint density at radius 3 is 2.81 bits per heavy atom. The average molecular weight is 222 g/mol. The Morgan fingerprint density at radius 1 is 1.31 bits per heavy atom. The van der Waals surface area contributed by atoms with Gasteiger partial charge in [-0.3, -0.25) is 0 Å². The van der Waals surface area contributed by atoms with Crippen LogP contribution in [0.5, 0.6) is 0 Å². The molecular weight excluding hydrogens is 200 g/mol. The maximum atomic E-state index is 9.97. The number of aromatic nitrogens is 2. The van der Waals surface area contributed by atoms with Crippen LogP contribution in [0.15, 0.2) is 18.7 Å². The van der Waals surface area contributed by atoms with Crippen LogP contribution in [-0.4, -0.2) is 20.8 Å². The maximum absolute atomic E-state index is 9.97. The molecule has 1 atom stereocenters. The average Bonchev–Trinajstić information content (AvgIpc) is 2.81. The minimum absolute atomic E-state index is 0.134. The van der Waals surface area contributed by atoms with E-state index >= 15 is 0 Å². The van der Waals surface area contributed by atoms with Crippen LogP contribution >= 0.6 is 0 Å². The molecule has 1 aliphatic rings. The lowest BCUT2D eigenvalue weighted by molar-refractivity contribution is 0.117. The summed E-state index contributed by atoms with van der Waals surface area (Å²) in [5, 5.41) is 9.97. The summed E-state index contributed by atoms with van der Waals surface area (Å²) in [6.07, 6.45) is 14.0. The highest BCUT2D eigenvalue weighted by molar-refractivity contribution is 4.75. The number of aliphatic hydroxyl groups excluding tert-OH is 1. The van der Waals surface area contributed by atoms with E-state index in [2.05, 4.69) is 4.98 Å². The quantitative estimate of drug-likeness (QED) is 0.831. The summed E-state index contributed by atoms with van der Waals surface area (Å²) < 4.78 is 2.03. The van der Waals surface area contributed by atoms with Crippen LogP contribution in [0.3, 0.4) is 0 Å². The van der Waals surface area contributed by atoms with E-state index in [-0.39, 0.29) is 6.10 Å². The number of imidazole rings is 1. The van der Waals surface area contributed by atoms with Crippen molar-refractivity contribution < 1.29 is 5.11 Å². The lowest BCUT2D eigenvalue weighted by Gasteiger charge is -2.24. The fourth-order valence-electron chi connectivity index (χ4n) is 2.64. The van der Waals surface area contributed by atoms with Crippen LogP contribution in [0.25, 0.3) is 0 Å². The van der Waals surface area contributed by atoms with Gasteiger partial charge in [-0.25, -0.2) is 4.98 Å². The summed E-state index contributed by atoms with van der Waals surface area (Å²) in [6, 6.07) is 0. The molecule has 0 saturated heterocycles. The van der Waals surface area contributed by atoms with Crippen molar-refractivity contribution in [1.82, 2.24) is 9.55 Å². The molecule has 16 heavy (non-hydrogen) atoms. The highest BCUT2D eigenvalue weighted by atomic mass is 16.3. The van der Waals surface area contributed by atoms with Crippen LogP contribution in [0.2, 0.25) is 0 Å². The van der Waals surface area contributed by atoms with E-state index in [0.29, 0.717) is 0 Å². The SMILES string of the molecule is OC(CCn1ccnc1)CC1CCCCC1. The Bertz CT molecular complexity index is 278. The van der Waals surface area contributed by atoms with Crippen molar-refractivity contribution in [3.8, 4) is 0 Å². The Kier molecular flexibility index (Phi) is 4.40. The monoisotopic (exact) mass is 222 g/mol. The van der Waals surface area contributed by atoms with Gasteiger partial charge in [0.25, 0.3) is 0 Å². The Hall–Kier alpha value is -0.830. The summed E-state index contributed by atoms with van der Waals surface area (Å²) in [5.41, 5.74) is 0. The standard InChI is InChI=1S/C13H22N2O/c16-13(6-8-15-9-7-14-11-15)10-12-4-2-1-3-5-12/h7,9,11-13,16H,1-6,8,10H2. The fraction of sp³-hybridized carbons (Fsp3) is 0.769. The first-order valence-corrected chi connectivity index (χ1v) is 6.48. The predicted octanol–water partition coefficient (Wildman–Crippen LogP) is 2.60. The van der Waals surface area contributed by atoms with Gasteiger partial charge in [-0.15, -0.1) is 0 Å². The summed E-state index contributed by atoms with van der Waals surface area (Å²) >= 11 is 0. The summed E-state index contributed by atoms with van der Waals surface area (Å²) in [4.78, 5) is 4.00. The van der Waals surface area contributed by atoms with Gasteiger partial charge < -0.3 is 9.67 Å². The van der Waals surface area contributed by atoms with Crippen molar-refractivity contribution >= 4 is 0 Å². The highest BCUT2D eigenvalue weighted by Crippen LogP contribution is 2.27. The van der Waals surface area contributed by atoms with Crippen LogP contribution in [0.1, 0.15) is 44.9 Å². The zero-order chi connectivity index (χ0) is 11.2. The van der Waals surface area contributed by atoms with Gasteiger partial charge in [-0.05, 0) is 18.8 Å². The molecule has 1 unspecified atom stereocenters. The Morgan fingerprint density at radius 2 is 2.12 bits per heavy atom. The molecule has 1 aliphatic carbocycles. The number of aliphatic hydroxyl groups is 1. The molecule has 1 aromatic rings. The molecule has 0 amide bonds. The molecule has 0 aliphatic heterocycles. The third-order valence-corrected chi connectivity index (χ3v) is 3.61. The van der Waals surface area contributed by atoms with Crippen molar-refractivity contribution in [2.45, 2.75) is 57.6 Å². The van der Waals surface area contributed by atoms with E-state index in [1.807, 2.05) is 17.1 Å². The Balaban J connectivity index is 1.65. The number of aryl methyl sites for hydroxylation is 1. The molecule has 90 valence electrons. The molecule has 1 aromatic heterocycles. The molecule has 0 spiro atoms. The second kappa shape index (κ2) is 6.04. The number of hydrogen-bond acceptors (Lipinski definition) is 2. The molecule has 2 rings (SSSR count). The fourth-order valence-corrected chi connectivity index (χ4v) is 2.64. The largest absolute Gasteiger partial charge is 0.393 e. The van der Waals surface area contributed by atoms with Gasteiger partial charge in [0.2, 0.25) is 0 Å². The normalized spacial score (nSPS) is 19.8. The van der Waals surface area contributed by atoms with Crippen molar-refractivity contribution in [3.05, 3.63) is 18.7 Å². The highest BCUT2D eigenvalue weighted by Gasteiger charge is 2.17. The van der Waals surface area contributed by atoms with E-state index < -0.39 is 0 Å². The summed E-state index contributed by atoms with van der Waals surface area (Å²) in [5.74, 6) is 0.770. The van der Waals surface area contributed by atoms with Crippen molar-refractivity contribution in [1.29, 1.82) is 0 Å². The van der Waals surface area contributed by atoms with Gasteiger partial charge in [0, 0.05) is 18.9 Å². The maximum Gasteiger partial charge on any atom is 0.0945 e. The molecule has 3 heteroatoms. The molecule has 1 N–H and O–H groups in total. The molecule has 0 radical (unpaired) electrons. The minimum Gasteiger partial charge on any atom is -0.393 e. The Labute approximate surface area is 97.5 Å². The molecule has 1 heterocycles. The van der Waals surface area contributed by atoms with Gasteiger partial charge in [0.15, 0.2) is 0 Å². The molecular formula is C13H22N2O. The third kappa shape index (κ3) is 3.63. The number of rotatable bonds is 5. The summed E-state index contributed by atoms with van der Waals surface area (Å²) in [6.45, 7) is 0.883. The molecule has 1 fully saturated rings. The second-order valence-electron chi connectivity index (χ2n) is 4.98. The van der Waals surface area contributed by atoms with Gasteiger partial charge in [-0.2, -0.15) is 0 Å². The van der Waals surface area contributed by atoms with Crippen molar-refractivity contribution in [2.75, 3.05) is 0 Å². The van der Waals surface area contributed by atoms with Crippen molar-refractivity contribution in [2.24, 2.45) is 5.92 Å². The third-order valence-electron chi connectivity index (χ3n) is 3.61. The molecule has 3 nitrogen and oxygen atoms in total. The first-order chi connectivity index (χ1) is 7.84. The molecule has 1 saturated carbocycles. The first-order valence-electron chi connectivity index (χ1n) is 6.48. The van der Waals surface area contributed by atoms with Crippen LogP contribution in [0, 0.1) is 5.92 Å². The van der Waals surface area contributed by atoms with Crippen LogP contribution < -0.4 is 0 Å². The van der Waals surface area contributed by atoms with E-state index in [1.54, 1.807) is 6.20 Å². The lowest BCUT2D eigenvalue weighted by Crippen LogP contribution is -2.17. The van der Waals surface area contributed by atoms with E-state index in [9.17, 15) is 5.11 Å². The van der Waals surface area contributed by atoms with E-state index in [0.717, 1.165) is 25.3 Å². The predicted molar refractivity (Wildman–Crippen MR) is 64.0 cm³/mol. The zero-order valence-corrected chi connectivity index (χ0v) is 9.89. The second-order valence-corrected chi connectivity index (χ2v) is 4.98. The number of hydrogen-bond donors (Lipinski definition) is 1. The van der Waals surface area contributed by atoms with E-state index in [4.69, 9.17) is 0 Å². The van der Waals surface area contributed by atoms with Crippen LogP contribution in [0.4, 0.5) is 0 Å². The topological polar surface area (TPSA) is 38.0 Å². The van der Waals surface area contributed by atoms with Crippen molar-refractivity contribution in [3.63, 3.8) is 0 Å². The number of nitrogens with zero attached hydrogens (tertiary/aromatic N) is 2. The van der Waals surface area contributed by atoms with Gasteiger partial charge >= 0.3 is 0 Å². The lowest BCUT2D eigenvalue weighted by atomic mass is 9.85. The summed E-state index contributed by atoms with van der Waals surface area (Å²) in [7, 11) is 0. The first kappa shape index (κ1) is 11.6.